The maximum Gasteiger partial charge on any atom is 0.165 e. The highest BCUT2D eigenvalue weighted by atomic mass is 127. The zero-order valence-electron chi connectivity index (χ0n) is 15.0. The number of nitrogens with zero attached hydrogens (tertiary/aromatic N) is 6. The van der Waals surface area contributed by atoms with Crippen molar-refractivity contribution in [1.82, 2.24) is 32.3 Å². The van der Waals surface area contributed by atoms with Gasteiger partial charge in [-0.1, -0.05) is 0 Å². The van der Waals surface area contributed by atoms with Crippen LogP contribution in [0.5, 0.6) is 0 Å². The molecule has 8 nitrogen and oxygen atoms in total. The number of hydrogen-bond donors (Lipinski definition) is 2. The van der Waals surface area contributed by atoms with Crippen molar-refractivity contribution in [2.45, 2.75) is 12.2 Å². The summed E-state index contributed by atoms with van der Waals surface area (Å²) in [6.07, 6.45) is 5.67. The van der Waals surface area contributed by atoms with Gasteiger partial charge >= 0.3 is 0 Å². The van der Waals surface area contributed by atoms with E-state index in [0.29, 0.717) is 5.25 Å². The minimum atomic E-state index is 0.317. The normalized spacial score (nSPS) is 17.3. The van der Waals surface area contributed by atoms with Crippen molar-refractivity contribution < 1.29 is 0 Å². The third-order valence-corrected chi connectivity index (χ3v) is 7.07. The van der Waals surface area contributed by atoms with Crippen LogP contribution in [0.15, 0.2) is 30.7 Å². The number of fused-ring (bicyclic) bond motifs is 1. The van der Waals surface area contributed by atoms with Gasteiger partial charge in [0.1, 0.15) is 10.8 Å². The molecule has 0 aliphatic carbocycles. The van der Waals surface area contributed by atoms with Crippen molar-refractivity contribution in [1.29, 1.82) is 0 Å². The SMILES string of the molecule is Cc1cc(Nc2cc(C3CNCCS3)nc3c(-c4cnn(I)c4)cnn23)sn1. The number of halogens is 1. The van der Waals surface area contributed by atoms with Gasteiger partial charge in [0.2, 0.25) is 0 Å². The van der Waals surface area contributed by atoms with Crippen molar-refractivity contribution in [2.75, 3.05) is 24.2 Å². The molecule has 1 atom stereocenters. The predicted molar refractivity (Wildman–Crippen MR) is 122 cm³/mol. The summed E-state index contributed by atoms with van der Waals surface area (Å²) >= 11 is 5.53. The fraction of sp³-hybridized carbons (Fsp3) is 0.294. The van der Waals surface area contributed by atoms with Gasteiger partial charge in [0, 0.05) is 42.2 Å². The van der Waals surface area contributed by atoms with Crippen LogP contribution in [0.25, 0.3) is 16.8 Å². The molecule has 0 radical (unpaired) electrons. The number of aromatic nitrogens is 6. The van der Waals surface area contributed by atoms with Crippen molar-refractivity contribution in [3.8, 4) is 11.1 Å². The number of thioether (sulfide) groups is 1. The molecular formula is C17H17IN8S2. The second kappa shape index (κ2) is 7.61. The van der Waals surface area contributed by atoms with Gasteiger partial charge in [-0.2, -0.15) is 19.1 Å². The van der Waals surface area contributed by atoms with Crippen LogP contribution in [-0.4, -0.2) is 45.8 Å². The molecule has 2 N–H and O–H groups in total. The molecule has 1 aliphatic heterocycles. The molecule has 28 heavy (non-hydrogen) atoms. The second-order valence-corrected chi connectivity index (χ2v) is 9.60. The van der Waals surface area contributed by atoms with E-state index in [4.69, 9.17) is 4.98 Å². The number of anilines is 2. The van der Waals surface area contributed by atoms with E-state index >= 15 is 0 Å². The summed E-state index contributed by atoms with van der Waals surface area (Å²) in [6, 6.07) is 4.14. The van der Waals surface area contributed by atoms with Gasteiger partial charge in [-0.15, -0.1) is 11.8 Å². The summed E-state index contributed by atoms with van der Waals surface area (Å²) in [5.74, 6) is 1.98. The summed E-state index contributed by atoms with van der Waals surface area (Å²) in [6.45, 7) is 3.96. The Morgan fingerprint density at radius 3 is 2.93 bits per heavy atom. The van der Waals surface area contributed by atoms with Crippen LogP contribution in [-0.2, 0) is 0 Å². The van der Waals surface area contributed by atoms with Crippen molar-refractivity contribution >= 4 is 62.6 Å². The lowest BCUT2D eigenvalue weighted by Gasteiger charge is -2.22. The molecule has 0 saturated carbocycles. The number of nitrogens with one attached hydrogen (secondary N) is 2. The highest BCUT2D eigenvalue weighted by Gasteiger charge is 2.21. The first-order chi connectivity index (χ1) is 13.7. The van der Waals surface area contributed by atoms with E-state index in [0.717, 1.165) is 57.8 Å². The van der Waals surface area contributed by atoms with Gasteiger partial charge in [-0.3, -0.25) is 0 Å². The summed E-state index contributed by atoms with van der Waals surface area (Å²) in [7, 11) is 0. The lowest BCUT2D eigenvalue weighted by Crippen LogP contribution is -2.28. The highest BCUT2D eigenvalue weighted by Crippen LogP contribution is 2.34. The van der Waals surface area contributed by atoms with Crippen LogP contribution in [0, 0.1) is 6.92 Å². The van der Waals surface area contributed by atoms with Gasteiger partial charge in [0.25, 0.3) is 0 Å². The van der Waals surface area contributed by atoms with Gasteiger partial charge in [-0.05, 0) is 24.5 Å². The molecule has 1 saturated heterocycles. The fourth-order valence-corrected chi connectivity index (χ4v) is 5.35. The molecule has 11 heteroatoms. The molecular weight excluding hydrogens is 507 g/mol. The minimum absolute atomic E-state index is 0.317. The zero-order valence-corrected chi connectivity index (χ0v) is 18.8. The van der Waals surface area contributed by atoms with Crippen LogP contribution in [0.1, 0.15) is 16.6 Å². The molecule has 144 valence electrons. The maximum atomic E-state index is 5.00. The standard InChI is InChI=1S/C17H17IN8S2/c1-10-4-16(28-24-10)23-15-5-13(14-8-19-2-3-27-14)22-17-12(7-21-26(15)17)11-6-20-25(18)9-11/h4-7,9,14,19,23H,2-3,8H2,1H3. The first kappa shape index (κ1) is 18.3. The van der Waals surface area contributed by atoms with Crippen LogP contribution >= 0.6 is 46.2 Å². The Morgan fingerprint density at radius 2 is 2.21 bits per heavy atom. The van der Waals surface area contributed by atoms with Crippen LogP contribution < -0.4 is 10.6 Å². The highest BCUT2D eigenvalue weighted by molar-refractivity contribution is 14.1. The molecule has 0 amide bonds. The molecule has 1 aliphatic rings. The summed E-state index contributed by atoms with van der Waals surface area (Å²) in [4.78, 5) is 5.00. The smallest absolute Gasteiger partial charge is 0.165 e. The number of rotatable bonds is 4. The molecule has 4 aromatic heterocycles. The van der Waals surface area contributed by atoms with E-state index in [2.05, 4.69) is 54.1 Å². The topological polar surface area (TPSA) is 85.0 Å². The lowest BCUT2D eigenvalue weighted by atomic mass is 10.2. The molecule has 0 bridgehead atoms. The molecule has 5 heterocycles. The van der Waals surface area contributed by atoms with Crippen LogP contribution in [0.3, 0.4) is 0 Å². The average Bonchev–Trinajstić information content (AvgIpc) is 3.42. The Labute approximate surface area is 183 Å². The van der Waals surface area contributed by atoms with E-state index in [1.807, 2.05) is 47.9 Å². The van der Waals surface area contributed by atoms with E-state index < -0.39 is 0 Å². The van der Waals surface area contributed by atoms with E-state index in [9.17, 15) is 0 Å². The Kier molecular flexibility index (Phi) is 4.99. The Balaban J connectivity index is 1.64. The lowest BCUT2D eigenvalue weighted by molar-refractivity contribution is 0.679. The average molecular weight is 524 g/mol. The summed E-state index contributed by atoms with van der Waals surface area (Å²) < 4.78 is 7.99. The van der Waals surface area contributed by atoms with Crippen molar-refractivity contribution in [3.05, 3.63) is 42.1 Å². The fourth-order valence-electron chi connectivity index (χ4n) is 3.18. The molecule has 1 fully saturated rings. The Hall–Kier alpha value is -1.70. The van der Waals surface area contributed by atoms with Gasteiger partial charge in [0.15, 0.2) is 5.65 Å². The molecule has 0 spiro atoms. The number of aryl methyl sites for hydroxylation is 1. The molecule has 5 rings (SSSR count). The maximum absolute atomic E-state index is 5.00. The largest absolute Gasteiger partial charge is 0.331 e. The molecule has 0 aromatic carbocycles. The van der Waals surface area contributed by atoms with E-state index in [1.54, 1.807) is 2.90 Å². The van der Waals surface area contributed by atoms with E-state index in [1.165, 1.54) is 11.5 Å². The first-order valence-corrected chi connectivity index (χ1v) is 11.6. The summed E-state index contributed by atoms with van der Waals surface area (Å²) in [5.41, 5.74) is 4.86. The van der Waals surface area contributed by atoms with Crippen molar-refractivity contribution in [2.24, 2.45) is 0 Å². The Bertz CT molecular complexity index is 1130. The third-order valence-electron chi connectivity index (χ3n) is 4.49. The first-order valence-electron chi connectivity index (χ1n) is 8.80. The predicted octanol–water partition coefficient (Wildman–Crippen LogP) is 3.68. The van der Waals surface area contributed by atoms with Crippen molar-refractivity contribution in [3.63, 3.8) is 0 Å². The molecule has 1 unspecified atom stereocenters. The minimum Gasteiger partial charge on any atom is -0.331 e. The quantitative estimate of drug-likeness (QED) is 0.394. The second-order valence-electron chi connectivity index (χ2n) is 6.50. The van der Waals surface area contributed by atoms with Gasteiger partial charge in [0.05, 0.1) is 51.9 Å². The van der Waals surface area contributed by atoms with Crippen LogP contribution in [0.4, 0.5) is 10.8 Å². The van der Waals surface area contributed by atoms with Gasteiger partial charge < -0.3 is 10.6 Å². The summed E-state index contributed by atoms with van der Waals surface area (Å²) in [5, 5.41) is 17.2. The van der Waals surface area contributed by atoms with Gasteiger partial charge in [-0.25, -0.2) is 7.88 Å². The zero-order chi connectivity index (χ0) is 19.1. The monoisotopic (exact) mass is 524 g/mol. The number of hydrogen-bond acceptors (Lipinski definition) is 8. The van der Waals surface area contributed by atoms with E-state index in [-0.39, 0.29) is 0 Å². The third kappa shape index (κ3) is 3.51. The Morgan fingerprint density at radius 1 is 1.29 bits per heavy atom. The molecule has 4 aromatic rings. The van der Waals surface area contributed by atoms with Crippen LogP contribution in [0.2, 0.25) is 0 Å².